The summed E-state index contributed by atoms with van der Waals surface area (Å²) in [5.41, 5.74) is 1.17. The molecule has 0 fully saturated rings. The smallest absolute Gasteiger partial charge is 0.271 e. The fraction of sp³-hybridized carbons (Fsp3) is 0.357. The summed E-state index contributed by atoms with van der Waals surface area (Å²) >= 11 is 0. The van der Waals surface area contributed by atoms with E-state index in [1.165, 1.54) is 18.6 Å². The van der Waals surface area contributed by atoms with E-state index < -0.39 is 0 Å². The number of hydrogen-bond donors (Lipinski definition) is 3. The molecule has 8 heteroatoms. The summed E-state index contributed by atoms with van der Waals surface area (Å²) in [6, 6.07) is 1.88. The van der Waals surface area contributed by atoms with Crippen molar-refractivity contribution < 1.29 is 4.79 Å². The lowest BCUT2D eigenvalue weighted by molar-refractivity contribution is 0.0950. The molecule has 1 amide bonds. The Hall–Kier alpha value is -2.77. The molecule has 2 aromatic heterocycles. The number of carbonyl (C=O) groups is 1. The highest BCUT2D eigenvalue weighted by molar-refractivity contribution is 5.91. The minimum atomic E-state index is -0.256. The van der Waals surface area contributed by atoms with E-state index in [2.05, 4.69) is 35.9 Å². The summed E-state index contributed by atoms with van der Waals surface area (Å²) in [6.07, 6.45) is 4.43. The van der Waals surface area contributed by atoms with Gasteiger partial charge in [0.25, 0.3) is 5.91 Å². The van der Waals surface area contributed by atoms with Crippen LogP contribution in [0.2, 0.25) is 0 Å². The molecule has 2 aromatic rings. The van der Waals surface area contributed by atoms with E-state index in [9.17, 15) is 4.79 Å². The van der Waals surface area contributed by atoms with E-state index in [1.807, 2.05) is 19.9 Å². The highest BCUT2D eigenvalue weighted by atomic mass is 16.1. The van der Waals surface area contributed by atoms with Gasteiger partial charge in [-0.25, -0.2) is 9.97 Å². The van der Waals surface area contributed by atoms with Gasteiger partial charge in [0, 0.05) is 43.8 Å². The van der Waals surface area contributed by atoms with Crippen LogP contribution in [-0.4, -0.2) is 45.5 Å². The van der Waals surface area contributed by atoms with Gasteiger partial charge in [-0.2, -0.15) is 4.98 Å². The number of aryl methyl sites for hydroxylation is 1. The fourth-order valence-electron chi connectivity index (χ4n) is 1.78. The van der Waals surface area contributed by atoms with Gasteiger partial charge in [0.15, 0.2) is 0 Å². The number of amides is 1. The number of nitrogens with one attached hydrogen (secondary N) is 3. The predicted molar refractivity (Wildman–Crippen MR) is 83.8 cm³/mol. The lowest BCUT2D eigenvalue weighted by Crippen LogP contribution is -2.29. The molecule has 22 heavy (non-hydrogen) atoms. The van der Waals surface area contributed by atoms with Crippen molar-refractivity contribution in [3.63, 3.8) is 0 Å². The van der Waals surface area contributed by atoms with Crippen LogP contribution >= 0.6 is 0 Å². The largest absolute Gasteiger partial charge is 0.370 e. The van der Waals surface area contributed by atoms with Crippen LogP contribution in [0.3, 0.4) is 0 Å². The van der Waals surface area contributed by atoms with Gasteiger partial charge in [-0.15, -0.1) is 0 Å². The Kier molecular flexibility index (Phi) is 5.58. The van der Waals surface area contributed by atoms with Crippen molar-refractivity contribution in [2.24, 2.45) is 0 Å². The first-order valence-electron chi connectivity index (χ1n) is 7.06. The Balaban J connectivity index is 1.80. The van der Waals surface area contributed by atoms with Gasteiger partial charge in [-0.05, 0) is 13.8 Å². The van der Waals surface area contributed by atoms with Gasteiger partial charge >= 0.3 is 0 Å². The molecule has 0 spiro atoms. The molecule has 0 radical (unpaired) electrons. The van der Waals surface area contributed by atoms with Crippen molar-refractivity contribution in [2.45, 2.75) is 13.8 Å². The van der Waals surface area contributed by atoms with E-state index >= 15 is 0 Å². The maximum absolute atomic E-state index is 11.8. The quantitative estimate of drug-likeness (QED) is 0.651. The second-order valence-electron chi connectivity index (χ2n) is 4.52. The molecule has 0 aliphatic heterocycles. The van der Waals surface area contributed by atoms with Crippen LogP contribution in [0.25, 0.3) is 0 Å². The second kappa shape index (κ2) is 7.87. The lowest BCUT2D eigenvalue weighted by atomic mass is 10.4. The molecule has 2 heterocycles. The average molecular weight is 301 g/mol. The Bertz CT molecular complexity index is 618. The number of anilines is 2. The summed E-state index contributed by atoms with van der Waals surface area (Å²) in [5, 5.41) is 8.97. The molecule has 0 aliphatic rings. The average Bonchev–Trinajstić information content (AvgIpc) is 2.52. The highest BCUT2D eigenvalue weighted by Gasteiger charge is 2.06. The number of hydrogen-bond acceptors (Lipinski definition) is 7. The second-order valence-corrected chi connectivity index (χ2v) is 4.52. The van der Waals surface area contributed by atoms with Crippen LogP contribution in [0.5, 0.6) is 0 Å². The normalized spacial score (nSPS) is 10.1. The van der Waals surface area contributed by atoms with Crippen molar-refractivity contribution in [3.05, 3.63) is 36.0 Å². The van der Waals surface area contributed by atoms with Gasteiger partial charge in [-0.3, -0.25) is 9.78 Å². The zero-order valence-electron chi connectivity index (χ0n) is 12.6. The van der Waals surface area contributed by atoms with Gasteiger partial charge in [-0.1, -0.05) is 0 Å². The molecule has 8 nitrogen and oxygen atoms in total. The van der Waals surface area contributed by atoms with Crippen molar-refractivity contribution in [1.82, 2.24) is 25.3 Å². The summed E-state index contributed by atoms with van der Waals surface area (Å²) in [5.74, 6) is 1.05. The maximum atomic E-state index is 11.8. The van der Waals surface area contributed by atoms with Crippen molar-refractivity contribution >= 4 is 17.7 Å². The van der Waals surface area contributed by atoms with Crippen LogP contribution < -0.4 is 16.0 Å². The van der Waals surface area contributed by atoms with Gasteiger partial charge in [0.2, 0.25) is 5.95 Å². The topological polar surface area (TPSA) is 105 Å². The molecule has 2 rings (SSSR count). The molecule has 0 unspecified atom stereocenters. The predicted octanol–water partition coefficient (Wildman–Crippen LogP) is 0.849. The summed E-state index contributed by atoms with van der Waals surface area (Å²) in [4.78, 5) is 28.2. The third-order valence-corrected chi connectivity index (χ3v) is 2.70. The summed E-state index contributed by atoms with van der Waals surface area (Å²) < 4.78 is 0. The number of aromatic nitrogens is 4. The molecule has 0 saturated carbocycles. The Morgan fingerprint density at radius 3 is 2.77 bits per heavy atom. The number of rotatable bonds is 7. The third kappa shape index (κ3) is 4.65. The molecule has 0 saturated heterocycles. The molecular weight excluding hydrogens is 282 g/mol. The molecule has 0 aromatic carbocycles. The zero-order chi connectivity index (χ0) is 15.8. The fourth-order valence-corrected chi connectivity index (χ4v) is 1.78. The summed E-state index contributed by atoms with van der Waals surface area (Å²) in [6.45, 7) is 5.66. The molecule has 3 N–H and O–H groups in total. The van der Waals surface area contributed by atoms with E-state index in [0.717, 1.165) is 18.1 Å². The molecule has 0 aliphatic carbocycles. The van der Waals surface area contributed by atoms with Gasteiger partial charge in [0.1, 0.15) is 11.5 Å². The minimum absolute atomic E-state index is 0.256. The molecule has 116 valence electrons. The molecule has 0 bridgehead atoms. The van der Waals surface area contributed by atoms with Crippen LogP contribution in [0.4, 0.5) is 11.8 Å². The van der Waals surface area contributed by atoms with Crippen molar-refractivity contribution in [1.29, 1.82) is 0 Å². The monoisotopic (exact) mass is 301 g/mol. The number of carbonyl (C=O) groups excluding carboxylic acids is 1. The van der Waals surface area contributed by atoms with Crippen LogP contribution in [0, 0.1) is 6.92 Å². The van der Waals surface area contributed by atoms with Crippen LogP contribution in [0.15, 0.2) is 24.7 Å². The molecule has 0 atom stereocenters. The zero-order valence-corrected chi connectivity index (χ0v) is 12.6. The highest BCUT2D eigenvalue weighted by Crippen LogP contribution is 2.08. The lowest BCUT2D eigenvalue weighted by Gasteiger charge is -2.09. The van der Waals surface area contributed by atoms with E-state index in [1.54, 1.807) is 0 Å². The first-order chi connectivity index (χ1) is 10.7. The maximum Gasteiger partial charge on any atom is 0.271 e. The Morgan fingerprint density at radius 2 is 2.05 bits per heavy atom. The van der Waals surface area contributed by atoms with Crippen molar-refractivity contribution in [2.75, 3.05) is 30.3 Å². The van der Waals surface area contributed by atoms with E-state index in [-0.39, 0.29) is 5.91 Å². The van der Waals surface area contributed by atoms with Crippen LogP contribution in [0.1, 0.15) is 23.1 Å². The van der Waals surface area contributed by atoms with E-state index in [4.69, 9.17) is 0 Å². The number of nitrogens with zero attached hydrogens (tertiary/aromatic N) is 4. The minimum Gasteiger partial charge on any atom is -0.370 e. The summed E-state index contributed by atoms with van der Waals surface area (Å²) in [7, 11) is 0. The third-order valence-electron chi connectivity index (χ3n) is 2.70. The Labute approximate surface area is 128 Å². The van der Waals surface area contributed by atoms with E-state index in [0.29, 0.717) is 24.7 Å². The Morgan fingerprint density at radius 1 is 1.18 bits per heavy atom. The first kappa shape index (κ1) is 15.6. The van der Waals surface area contributed by atoms with Gasteiger partial charge in [0.05, 0.1) is 6.20 Å². The SMILES string of the molecule is CCNc1cc(C)nc(NCCNC(=O)c2cnccn2)n1. The van der Waals surface area contributed by atoms with Gasteiger partial charge < -0.3 is 16.0 Å². The first-order valence-corrected chi connectivity index (χ1v) is 7.06. The van der Waals surface area contributed by atoms with Crippen LogP contribution in [-0.2, 0) is 0 Å². The van der Waals surface area contributed by atoms with Crippen molar-refractivity contribution in [3.8, 4) is 0 Å². The standard InChI is InChI=1S/C14H19N7O/c1-3-16-12-8-10(2)20-14(21-12)19-7-6-18-13(22)11-9-15-4-5-17-11/h4-5,8-9H,3,6-7H2,1-2H3,(H,18,22)(H2,16,19,20,21). The molecular formula is C14H19N7O.